The van der Waals surface area contributed by atoms with Crippen molar-refractivity contribution in [1.82, 2.24) is 4.90 Å². The van der Waals surface area contributed by atoms with Gasteiger partial charge in [0.2, 0.25) is 0 Å². The van der Waals surface area contributed by atoms with Crippen LogP contribution in [0.15, 0.2) is 0 Å². The Morgan fingerprint density at radius 3 is 2.48 bits per heavy atom. The first-order chi connectivity index (χ1) is 15.0. The SMILES string of the molecule is CC[C@H]1CC2C3CCC(CCCOC(=O)N4CCC4)C3(C)CC[C@@H]2C2(C)CCCCC12. The Kier molecular flexibility index (Phi) is 6.10. The van der Waals surface area contributed by atoms with Gasteiger partial charge < -0.3 is 9.64 Å². The minimum Gasteiger partial charge on any atom is -0.449 e. The summed E-state index contributed by atoms with van der Waals surface area (Å²) >= 11 is 0. The summed E-state index contributed by atoms with van der Waals surface area (Å²) in [5.41, 5.74) is 1.17. The van der Waals surface area contributed by atoms with Gasteiger partial charge in [0.05, 0.1) is 6.61 Å². The van der Waals surface area contributed by atoms with Crippen molar-refractivity contribution in [2.45, 2.75) is 104 Å². The normalized spacial score (nSPS) is 46.5. The van der Waals surface area contributed by atoms with Gasteiger partial charge in [0.1, 0.15) is 0 Å². The molecule has 1 saturated heterocycles. The Bertz CT molecular complexity index is 659. The molecule has 1 aliphatic heterocycles. The number of fused-ring (bicyclic) bond motifs is 5. The maximum absolute atomic E-state index is 12.0. The van der Waals surface area contributed by atoms with Crippen molar-refractivity contribution >= 4 is 6.09 Å². The van der Waals surface area contributed by atoms with Gasteiger partial charge in [-0.05, 0) is 111 Å². The second-order valence-corrected chi connectivity index (χ2v) is 12.6. The van der Waals surface area contributed by atoms with Gasteiger partial charge in [0.15, 0.2) is 0 Å². The second kappa shape index (κ2) is 8.56. The van der Waals surface area contributed by atoms with E-state index in [1.165, 1.54) is 70.6 Å². The van der Waals surface area contributed by atoms with Crippen LogP contribution in [0.5, 0.6) is 0 Å². The number of carbonyl (C=O) groups excluding carboxylic acids is 1. The van der Waals surface area contributed by atoms with Gasteiger partial charge in [0, 0.05) is 13.1 Å². The summed E-state index contributed by atoms with van der Waals surface area (Å²) in [6.45, 7) is 10.3. The number of hydrogen-bond donors (Lipinski definition) is 0. The van der Waals surface area contributed by atoms with E-state index in [4.69, 9.17) is 4.74 Å². The fourth-order valence-corrected chi connectivity index (χ4v) is 9.68. The molecule has 0 aromatic carbocycles. The molecule has 4 aliphatic carbocycles. The minimum atomic E-state index is -0.0784. The standard InChI is InChI=1S/C28H47NO2/c1-4-20-19-22-24-12-11-21(9-7-18-31-26(30)29-16-8-17-29)27(24,2)15-13-25(22)28(3)14-6-5-10-23(20)28/h20-25H,4-19H2,1-3H3/t20-,21?,22?,23?,24?,25-,27?,28?/m0/s1. The molecule has 3 heteroatoms. The van der Waals surface area contributed by atoms with Gasteiger partial charge in [-0.3, -0.25) is 0 Å². The van der Waals surface area contributed by atoms with Crippen LogP contribution >= 0.6 is 0 Å². The summed E-state index contributed by atoms with van der Waals surface area (Å²) in [5, 5.41) is 0. The van der Waals surface area contributed by atoms with Crippen LogP contribution in [-0.2, 0) is 4.74 Å². The highest BCUT2D eigenvalue weighted by Crippen LogP contribution is 2.69. The van der Waals surface area contributed by atoms with E-state index in [2.05, 4.69) is 20.8 Å². The minimum absolute atomic E-state index is 0.0784. The predicted octanol–water partition coefficient (Wildman–Crippen LogP) is 7.29. The van der Waals surface area contributed by atoms with Crippen molar-refractivity contribution in [1.29, 1.82) is 0 Å². The average molecular weight is 430 g/mol. The van der Waals surface area contributed by atoms with E-state index in [1.54, 1.807) is 0 Å². The molecule has 8 atom stereocenters. The van der Waals surface area contributed by atoms with Crippen LogP contribution in [0.25, 0.3) is 0 Å². The second-order valence-electron chi connectivity index (χ2n) is 12.6. The summed E-state index contributed by atoms with van der Waals surface area (Å²) < 4.78 is 5.55. The van der Waals surface area contributed by atoms with Gasteiger partial charge >= 0.3 is 6.09 Å². The first-order valence-corrected chi connectivity index (χ1v) is 13.9. The van der Waals surface area contributed by atoms with Gasteiger partial charge in [-0.2, -0.15) is 0 Å². The highest BCUT2D eigenvalue weighted by atomic mass is 16.6. The van der Waals surface area contributed by atoms with Crippen molar-refractivity contribution in [3.05, 3.63) is 0 Å². The van der Waals surface area contributed by atoms with Crippen molar-refractivity contribution in [3.63, 3.8) is 0 Å². The molecular formula is C28H47NO2. The molecular weight excluding hydrogens is 382 g/mol. The van der Waals surface area contributed by atoms with E-state index in [0.29, 0.717) is 17.4 Å². The van der Waals surface area contributed by atoms with Crippen molar-refractivity contribution in [3.8, 4) is 0 Å². The van der Waals surface area contributed by atoms with Crippen LogP contribution in [0.1, 0.15) is 104 Å². The highest BCUT2D eigenvalue weighted by Gasteiger charge is 2.60. The van der Waals surface area contributed by atoms with E-state index in [1.807, 2.05) is 4.90 Å². The summed E-state index contributed by atoms with van der Waals surface area (Å²) in [4.78, 5) is 13.8. The molecule has 5 fully saturated rings. The third-order valence-electron chi connectivity index (χ3n) is 11.5. The van der Waals surface area contributed by atoms with Gasteiger partial charge in [-0.25, -0.2) is 4.79 Å². The highest BCUT2D eigenvalue weighted by molar-refractivity contribution is 5.68. The van der Waals surface area contributed by atoms with E-state index >= 15 is 0 Å². The topological polar surface area (TPSA) is 29.5 Å². The monoisotopic (exact) mass is 429 g/mol. The van der Waals surface area contributed by atoms with Crippen LogP contribution in [0.4, 0.5) is 4.79 Å². The quantitative estimate of drug-likeness (QED) is 0.429. The molecule has 0 radical (unpaired) electrons. The van der Waals surface area contributed by atoms with E-state index in [-0.39, 0.29) is 6.09 Å². The molecule has 0 aromatic rings. The summed E-state index contributed by atoms with van der Waals surface area (Å²) in [7, 11) is 0. The number of nitrogens with zero attached hydrogens (tertiary/aromatic N) is 1. The van der Waals surface area contributed by atoms with Crippen LogP contribution in [0.3, 0.4) is 0 Å². The van der Waals surface area contributed by atoms with E-state index < -0.39 is 0 Å². The molecule has 4 saturated carbocycles. The molecule has 31 heavy (non-hydrogen) atoms. The molecule has 6 unspecified atom stereocenters. The fourth-order valence-electron chi connectivity index (χ4n) is 9.68. The zero-order valence-corrected chi connectivity index (χ0v) is 20.5. The van der Waals surface area contributed by atoms with E-state index in [0.717, 1.165) is 61.4 Å². The molecule has 3 nitrogen and oxygen atoms in total. The third-order valence-corrected chi connectivity index (χ3v) is 11.5. The average Bonchev–Trinajstić information content (AvgIpc) is 3.05. The zero-order valence-electron chi connectivity index (χ0n) is 20.5. The Labute approximate surface area is 191 Å². The Balaban J connectivity index is 1.22. The first-order valence-electron chi connectivity index (χ1n) is 13.9. The molecule has 176 valence electrons. The van der Waals surface area contributed by atoms with Gasteiger partial charge in [0.25, 0.3) is 0 Å². The molecule has 0 bridgehead atoms. The van der Waals surface area contributed by atoms with E-state index in [9.17, 15) is 4.79 Å². The Morgan fingerprint density at radius 1 is 0.935 bits per heavy atom. The zero-order chi connectivity index (χ0) is 21.6. The van der Waals surface area contributed by atoms with Crippen LogP contribution in [-0.4, -0.2) is 30.7 Å². The lowest BCUT2D eigenvalue weighted by Crippen LogP contribution is -2.55. The molecule has 0 N–H and O–H groups in total. The maximum Gasteiger partial charge on any atom is 0.409 e. The van der Waals surface area contributed by atoms with Crippen molar-refractivity contribution < 1.29 is 9.53 Å². The maximum atomic E-state index is 12.0. The predicted molar refractivity (Wildman–Crippen MR) is 126 cm³/mol. The Morgan fingerprint density at radius 2 is 1.74 bits per heavy atom. The van der Waals surface area contributed by atoms with Gasteiger partial charge in [-0.15, -0.1) is 0 Å². The summed E-state index contributed by atoms with van der Waals surface area (Å²) in [5.74, 6) is 5.77. The molecule has 5 aliphatic rings. The van der Waals surface area contributed by atoms with Crippen LogP contribution in [0, 0.1) is 46.3 Å². The fraction of sp³-hybridized carbons (Fsp3) is 0.964. The number of ether oxygens (including phenoxy) is 1. The summed E-state index contributed by atoms with van der Waals surface area (Å²) in [6.07, 6.45) is 18.1. The smallest absolute Gasteiger partial charge is 0.409 e. The lowest BCUT2D eigenvalue weighted by Gasteiger charge is -2.62. The van der Waals surface area contributed by atoms with Crippen LogP contribution < -0.4 is 0 Å². The molecule has 1 heterocycles. The number of hydrogen-bond acceptors (Lipinski definition) is 2. The largest absolute Gasteiger partial charge is 0.449 e. The first kappa shape index (κ1) is 22.1. The van der Waals surface area contributed by atoms with Crippen molar-refractivity contribution in [2.24, 2.45) is 46.3 Å². The number of amides is 1. The number of rotatable bonds is 5. The molecule has 1 amide bonds. The van der Waals surface area contributed by atoms with Crippen LogP contribution in [0.2, 0.25) is 0 Å². The third kappa shape index (κ3) is 3.65. The molecule has 0 aromatic heterocycles. The molecule has 5 rings (SSSR count). The lowest BCUT2D eigenvalue weighted by atomic mass is 9.42. The molecule has 0 spiro atoms. The summed E-state index contributed by atoms with van der Waals surface area (Å²) in [6, 6.07) is 0. The van der Waals surface area contributed by atoms with Gasteiger partial charge in [-0.1, -0.05) is 40.0 Å². The number of carbonyl (C=O) groups is 1. The number of likely N-dealkylation sites (tertiary alicyclic amines) is 1. The van der Waals surface area contributed by atoms with Crippen molar-refractivity contribution in [2.75, 3.05) is 19.7 Å². The lowest BCUT2D eigenvalue weighted by molar-refractivity contribution is -0.135. The Hall–Kier alpha value is -0.730.